The van der Waals surface area contributed by atoms with Crippen LogP contribution in [0.3, 0.4) is 0 Å². The van der Waals surface area contributed by atoms with Crippen molar-refractivity contribution >= 4 is 0 Å². The van der Waals surface area contributed by atoms with Crippen LogP contribution in [0.2, 0.25) is 0 Å². The van der Waals surface area contributed by atoms with Crippen molar-refractivity contribution in [1.82, 2.24) is 4.90 Å². The first kappa shape index (κ1) is 6.41. The van der Waals surface area contributed by atoms with Crippen LogP contribution in [0.15, 0.2) is 0 Å². The van der Waals surface area contributed by atoms with Crippen molar-refractivity contribution in [2.75, 3.05) is 13.1 Å². The highest BCUT2D eigenvalue weighted by molar-refractivity contribution is 4.80. The highest BCUT2D eigenvalue weighted by Gasteiger charge is 2.04. The van der Waals surface area contributed by atoms with E-state index >= 15 is 0 Å². The lowest BCUT2D eigenvalue weighted by molar-refractivity contribution is 0.410. The van der Waals surface area contributed by atoms with E-state index in [-0.39, 0.29) is 0 Å². The zero-order valence-corrected chi connectivity index (χ0v) is 5.51. The topological polar surface area (TPSA) is 27.0 Å². The average Bonchev–Trinajstić information content (AvgIpc) is 2.13. The highest BCUT2D eigenvalue weighted by Crippen LogP contribution is 2.06. The molecular formula is C7H11N2. The molecule has 1 radical (unpaired) electrons. The third-order valence-electron chi connectivity index (χ3n) is 1.58. The maximum absolute atomic E-state index is 8.48. The van der Waals surface area contributed by atoms with Gasteiger partial charge in [0.2, 0.25) is 0 Å². The molecule has 0 bridgehead atoms. The fourth-order valence-electron chi connectivity index (χ4n) is 1.03. The Morgan fingerprint density at radius 1 is 1.33 bits per heavy atom. The van der Waals surface area contributed by atoms with Crippen molar-refractivity contribution in [3.8, 4) is 6.19 Å². The molecule has 1 fully saturated rings. The Hall–Kier alpha value is -0.710. The van der Waals surface area contributed by atoms with Gasteiger partial charge in [0.05, 0.1) is 0 Å². The molecule has 0 N–H and O–H groups in total. The number of likely N-dealkylation sites (tertiary alicyclic amines) is 1. The van der Waals surface area contributed by atoms with Gasteiger partial charge in [-0.25, -0.2) is 0 Å². The summed E-state index contributed by atoms with van der Waals surface area (Å²) < 4.78 is 0. The minimum Gasteiger partial charge on any atom is -0.311 e. The average molecular weight is 123 g/mol. The molecule has 2 nitrogen and oxygen atoms in total. The number of rotatable bonds is 0. The standard InChI is InChI=1S/C7H11N2/c8-7-9-5-3-1-2-4-6-9/h1H,2-6H2. The Morgan fingerprint density at radius 2 is 2.22 bits per heavy atom. The van der Waals surface area contributed by atoms with Crippen molar-refractivity contribution in [3.05, 3.63) is 6.42 Å². The fourth-order valence-corrected chi connectivity index (χ4v) is 1.03. The lowest BCUT2D eigenvalue weighted by atomic mass is 10.2. The Morgan fingerprint density at radius 3 is 3.00 bits per heavy atom. The summed E-state index contributed by atoms with van der Waals surface area (Å²) >= 11 is 0. The molecule has 2 heteroatoms. The molecule has 0 aromatic heterocycles. The largest absolute Gasteiger partial charge is 0.311 e. The molecule has 0 aliphatic carbocycles. The summed E-state index contributed by atoms with van der Waals surface area (Å²) in [5.74, 6) is 0. The van der Waals surface area contributed by atoms with Crippen LogP contribution >= 0.6 is 0 Å². The van der Waals surface area contributed by atoms with Gasteiger partial charge in [-0.3, -0.25) is 0 Å². The van der Waals surface area contributed by atoms with E-state index in [2.05, 4.69) is 12.6 Å². The second-order valence-electron chi connectivity index (χ2n) is 2.31. The molecule has 1 rings (SSSR count). The Kier molecular flexibility index (Phi) is 2.38. The van der Waals surface area contributed by atoms with E-state index in [0.717, 1.165) is 25.9 Å². The smallest absolute Gasteiger partial charge is 0.179 e. The van der Waals surface area contributed by atoms with Gasteiger partial charge in [-0.1, -0.05) is 0 Å². The molecule has 0 aromatic rings. The monoisotopic (exact) mass is 123 g/mol. The molecule has 0 atom stereocenters. The molecule has 0 amide bonds. The maximum Gasteiger partial charge on any atom is 0.179 e. The van der Waals surface area contributed by atoms with Crippen molar-refractivity contribution < 1.29 is 0 Å². The summed E-state index contributed by atoms with van der Waals surface area (Å²) in [6.07, 6.45) is 7.82. The van der Waals surface area contributed by atoms with Crippen molar-refractivity contribution in [2.24, 2.45) is 0 Å². The predicted octanol–water partition coefficient (Wildman–Crippen LogP) is 1.16. The van der Waals surface area contributed by atoms with Crippen molar-refractivity contribution in [1.29, 1.82) is 5.26 Å². The van der Waals surface area contributed by atoms with E-state index in [4.69, 9.17) is 5.26 Å². The van der Waals surface area contributed by atoms with Gasteiger partial charge >= 0.3 is 0 Å². The van der Waals surface area contributed by atoms with Gasteiger partial charge in [0.1, 0.15) is 0 Å². The molecule has 9 heavy (non-hydrogen) atoms. The molecule has 1 aliphatic rings. The second kappa shape index (κ2) is 3.34. The summed E-state index contributed by atoms with van der Waals surface area (Å²) in [7, 11) is 0. The minimum atomic E-state index is 0.927. The number of hydrogen-bond acceptors (Lipinski definition) is 2. The van der Waals surface area contributed by atoms with E-state index in [1.165, 1.54) is 6.42 Å². The lowest BCUT2D eigenvalue weighted by Gasteiger charge is -2.09. The molecule has 0 saturated carbocycles. The van der Waals surface area contributed by atoms with Gasteiger partial charge in [0.25, 0.3) is 0 Å². The first-order chi connectivity index (χ1) is 4.43. The van der Waals surface area contributed by atoms with Crippen LogP contribution in [-0.2, 0) is 0 Å². The van der Waals surface area contributed by atoms with E-state index in [0.29, 0.717) is 0 Å². The number of hydrogen-bond donors (Lipinski definition) is 0. The van der Waals surface area contributed by atoms with Gasteiger partial charge in [0, 0.05) is 13.1 Å². The third kappa shape index (κ3) is 1.93. The lowest BCUT2D eigenvalue weighted by Crippen LogP contribution is -2.17. The molecule has 1 heterocycles. The molecule has 0 aromatic carbocycles. The zero-order valence-electron chi connectivity index (χ0n) is 5.51. The predicted molar refractivity (Wildman–Crippen MR) is 35.3 cm³/mol. The zero-order chi connectivity index (χ0) is 6.53. The summed E-state index contributed by atoms with van der Waals surface area (Å²) in [5.41, 5.74) is 0. The summed E-state index contributed by atoms with van der Waals surface area (Å²) in [6.45, 7) is 1.88. The van der Waals surface area contributed by atoms with Gasteiger partial charge < -0.3 is 4.90 Å². The summed E-state index contributed by atoms with van der Waals surface area (Å²) in [6, 6.07) is 0. The maximum atomic E-state index is 8.48. The van der Waals surface area contributed by atoms with Crippen molar-refractivity contribution in [3.63, 3.8) is 0 Å². The fraction of sp³-hybridized carbons (Fsp3) is 0.714. The van der Waals surface area contributed by atoms with Crippen LogP contribution in [0.5, 0.6) is 0 Å². The number of nitriles is 1. The first-order valence-corrected chi connectivity index (χ1v) is 3.40. The Bertz CT molecular complexity index is 107. The SMILES string of the molecule is N#CN1CC[CH]CCC1. The Labute approximate surface area is 56.1 Å². The van der Waals surface area contributed by atoms with E-state index in [9.17, 15) is 0 Å². The second-order valence-corrected chi connectivity index (χ2v) is 2.31. The first-order valence-electron chi connectivity index (χ1n) is 3.40. The number of nitrogens with zero attached hydrogens (tertiary/aromatic N) is 2. The molecule has 49 valence electrons. The van der Waals surface area contributed by atoms with Gasteiger partial charge in [-0.2, -0.15) is 5.26 Å². The summed E-state index contributed by atoms with van der Waals surface area (Å²) in [5, 5.41) is 8.48. The van der Waals surface area contributed by atoms with Crippen molar-refractivity contribution in [2.45, 2.75) is 19.3 Å². The van der Waals surface area contributed by atoms with Crippen LogP contribution in [0.1, 0.15) is 19.3 Å². The van der Waals surface area contributed by atoms with Gasteiger partial charge in [-0.15, -0.1) is 0 Å². The third-order valence-corrected chi connectivity index (χ3v) is 1.58. The van der Waals surface area contributed by atoms with Crippen LogP contribution in [0.4, 0.5) is 0 Å². The molecule has 1 aliphatic heterocycles. The highest BCUT2D eigenvalue weighted by atomic mass is 15.1. The van der Waals surface area contributed by atoms with E-state index in [1.807, 2.05) is 4.90 Å². The van der Waals surface area contributed by atoms with Crippen LogP contribution in [0, 0.1) is 17.9 Å². The van der Waals surface area contributed by atoms with Crippen LogP contribution < -0.4 is 0 Å². The van der Waals surface area contributed by atoms with Gasteiger partial charge in [0.15, 0.2) is 6.19 Å². The van der Waals surface area contributed by atoms with E-state index < -0.39 is 0 Å². The Balaban J connectivity index is 2.29. The van der Waals surface area contributed by atoms with Crippen LogP contribution in [0.25, 0.3) is 0 Å². The quantitative estimate of drug-likeness (QED) is 0.452. The van der Waals surface area contributed by atoms with Crippen LogP contribution in [-0.4, -0.2) is 18.0 Å². The normalized spacial score (nSPS) is 20.6. The minimum absolute atomic E-state index is 0.927. The summed E-state index contributed by atoms with van der Waals surface area (Å²) in [4.78, 5) is 1.82. The molecular weight excluding hydrogens is 112 g/mol. The molecule has 0 unspecified atom stereocenters. The van der Waals surface area contributed by atoms with Gasteiger partial charge in [-0.05, 0) is 25.7 Å². The molecule has 0 spiro atoms. The molecule has 1 saturated heterocycles. The van der Waals surface area contributed by atoms with E-state index in [1.54, 1.807) is 0 Å².